The van der Waals surface area contributed by atoms with E-state index in [9.17, 15) is 4.39 Å². The zero-order chi connectivity index (χ0) is 15.6. The van der Waals surface area contributed by atoms with Crippen LogP contribution in [0.3, 0.4) is 0 Å². The topological polar surface area (TPSA) is 67.9 Å². The fourth-order valence-corrected chi connectivity index (χ4v) is 2.60. The maximum Gasteiger partial charge on any atom is 0.278 e. The van der Waals surface area contributed by atoms with Crippen molar-refractivity contribution in [2.45, 2.75) is 12.8 Å². The van der Waals surface area contributed by atoms with E-state index in [0.29, 0.717) is 23.0 Å². The van der Waals surface area contributed by atoms with Crippen LogP contribution in [0.5, 0.6) is 0 Å². The molecule has 2 aromatic heterocycles. The van der Waals surface area contributed by atoms with E-state index in [1.807, 2.05) is 12.1 Å². The predicted molar refractivity (Wildman–Crippen MR) is 82.2 cm³/mol. The first-order chi connectivity index (χ1) is 11.3. The number of hydrogen-bond acceptors (Lipinski definition) is 6. The maximum absolute atomic E-state index is 13.0. The number of rotatable bonds is 3. The summed E-state index contributed by atoms with van der Waals surface area (Å²) in [4.78, 5) is 6.49. The minimum Gasteiger partial charge on any atom is -0.355 e. The molecule has 0 amide bonds. The summed E-state index contributed by atoms with van der Waals surface area (Å²) in [7, 11) is 0. The second-order valence-electron chi connectivity index (χ2n) is 5.40. The minimum absolute atomic E-state index is 0.296. The molecule has 1 aromatic carbocycles. The van der Waals surface area contributed by atoms with Gasteiger partial charge in [-0.05, 0) is 49.2 Å². The van der Waals surface area contributed by atoms with Crippen LogP contribution in [0.2, 0.25) is 0 Å². The molecule has 7 heteroatoms. The summed E-state index contributed by atoms with van der Waals surface area (Å²) >= 11 is 0. The Balaban J connectivity index is 1.57. The third kappa shape index (κ3) is 2.77. The van der Waals surface area contributed by atoms with E-state index in [2.05, 4.69) is 25.2 Å². The highest BCUT2D eigenvalue weighted by atomic mass is 19.1. The fourth-order valence-electron chi connectivity index (χ4n) is 2.60. The van der Waals surface area contributed by atoms with Crippen molar-refractivity contribution in [1.82, 2.24) is 20.3 Å². The lowest BCUT2D eigenvalue weighted by atomic mass is 10.2. The van der Waals surface area contributed by atoms with Gasteiger partial charge < -0.3 is 9.42 Å². The molecule has 0 aliphatic carbocycles. The summed E-state index contributed by atoms with van der Waals surface area (Å²) in [6.45, 7) is 2.03. The predicted octanol–water partition coefficient (Wildman–Crippen LogP) is 2.93. The van der Waals surface area contributed by atoms with E-state index in [-0.39, 0.29) is 5.82 Å². The third-order valence-corrected chi connectivity index (χ3v) is 3.83. The van der Waals surface area contributed by atoms with Gasteiger partial charge in [-0.1, -0.05) is 5.16 Å². The summed E-state index contributed by atoms with van der Waals surface area (Å²) < 4.78 is 18.2. The molecule has 0 saturated carbocycles. The first-order valence-electron chi connectivity index (χ1n) is 7.48. The molecule has 0 bridgehead atoms. The van der Waals surface area contributed by atoms with E-state index in [1.165, 1.54) is 25.0 Å². The lowest BCUT2D eigenvalue weighted by molar-refractivity contribution is 0.430. The van der Waals surface area contributed by atoms with Crippen LogP contribution in [0.1, 0.15) is 12.8 Å². The quantitative estimate of drug-likeness (QED) is 0.741. The molecule has 0 radical (unpaired) electrons. The lowest BCUT2D eigenvalue weighted by Gasteiger charge is -2.14. The third-order valence-electron chi connectivity index (χ3n) is 3.83. The highest BCUT2D eigenvalue weighted by Crippen LogP contribution is 2.22. The molecule has 6 nitrogen and oxygen atoms in total. The van der Waals surface area contributed by atoms with Gasteiger partial charge in [-0.3, -0.25) is 0 Å². The lowest BCUT2D eigenvalue weighted by Crippen LogP contribution is -2.19. The SMILES string of the molecule is Fc1ccc(-c2noc(-c3ccc(N4CCCC4)nn3)n2)cc1. The van der Waals surface area contributed by atoms with E-state index >= 15 is 0 Å². The molecule has 0 N–H and O–H groups in total. The molecule has 0 unspecified atom stereocenters. The van der Waals surface area contributed by atoms with Gasteiger partial charge in [-0.25, -0.2) is 4.39 Å². The van der Waals surface area contributed by atoms with Crippen molar-refractivity contribution in [2.24, 2.45) is 0 Å². The molecular weight excluding hydrogens is 297 g/mol. The van der Waals surface area contributed by atoms with E-state index in [0.717, 1.165) is 18.9 Å². The van der Waals surface area contributed by atoms with Crippen LogP contribution in [0, 0.1) is 5.82 Å². The Hall–Kier alpha value is -2.83. The smallest absolute Gasteiger partial charge is 0.278 e. The second-order valence-corrected chi connectivity index (χ2v) is 5.40. The van der Waals surface area contributed by atoms with Crippen LogP contribution in [-0.2, 0) is 0 Å². The largest absolute Gasteiger partial charge is 0.355 e. The zero-order valence-corrected chi connectivity index (χ0v) is 12.3. The van der Waals surface area contributed by atoms with Gasteiger partial charge in [0.25, 0.3) is 5.89 Å². The fraction of sp³-hybridized carbons (Fsp3) is 0.250. The maximum atomic E-state index is 13.0. The number of benzene rings is 1. The van der Waals surface area contributed by atoms with E-state index in [4.69, 9.17) is 4.52 Å². The van der Waals surface area contributed by atoms with Crippen LogP contribution in [-0.4, -0.2) is 33.4 Å². The highest BCUT2D eigenvalue weighted by Gasteiger charge is 2.16. The monoisotopic (exact) mass is 311 g/mol. The van der Waals surface area contributed by atoms with Gasteiger partial charge in [0.1, 0.15) is 5.82 Å². The second kappa shape index (κ2) is 5.75. The number of anilines is 1. The first-order valence-corrected chi connectivity index (χ1v) is 7.48. The summed E-state index contributed by atoms with van der Waals surface area (Å²) in [5.74, 6) is 1.25. The van der Waals surface area contributed by atoms with Crippen molar-refractivity contribution < 1.29 is 8.91 Å². The van der Waals surface area contributed by atoms with E-state index in [1.54, 1.807) is 12.1 Å². The van der Waals surface area contributed by atoms with Gasteiger partial charge in [-0.2, -0.15) is 4.98 Å². The number of hydrogen-bond donors (Lipinski definition) is 0. The standard InChI is InChI=1S/C16H14FN5O/c17-12-5-3-11(4-6-12)15-18-16(23-21-15)13-7-8-14(20-19-13)22-9-1-2-10-22/h3-8H,1-2,9-10H2. The molecule has 1 aliphatic heterocycles. The van der Waals surface area contributed by atoms with Gasteiger partial charge in [-0.15, -0.1) is 10.2 Å². The van der Waals surface area contributed by atoms with Crippen LogP contribution in [0.4, 0.5) is 10.2 Å². The van der Waals surface area contributed by atoms with Gasteiger partial charge in [0, 0.05) is 18.7 Å². The van der Waals surface area contributed by atoms with Crippen LogP contribution in [0.15, 0.2) is 40.9 Å². The number of nitrogens with zero attached hydrogens (tertiary/aromatic N) is 5. The van der Waals surface area contributed by atoms with Crippen molar-refractivity contribution in [3.8, 4) is 23.0 Å². The molecule has 3 aromatic rings. The van der Waals surface area contributed by atoms with Gasteiger partial charge in [0.15, 0.2) is 11.5 Å². The molecule has 1 aliphatic rings. The Morgan fingerprint density at radius 1 is 0.957 bits per heavy atom. The van der Waals surface area contributed by atoms with E-state index < -0.39 is 0 Å². The summed E-state index contributed by atoms with van der Waals surface area (Å²) in [6.07, 6.45) is 2.38. The van der Waals surface area contributed by atoms with Gasteiger partial charge in [0.05, 0.1) is 0 Å². The van der Waals surface area contributed by atoms with Crippen molar-refractivity contribution in [3.05, 3.63) is 42.2 Å². The van der Waals surface area contributed by atoms with Gasteiger partial charge >= 0.3 is 0 Å². The summed E-state index contributed by atoms with van der Waals surface area (Å²) in [6, 6.07) is 9.66. The van der Waals surface area contributed by atoms with Crippen LogP contribution >= 0.6 is 0 Å². The minimum atomic E-state index is -0.305. The average Bonchev–Trinajstić information content (AvgIpc) is 3.28. The number of aromatic nitrogens is 4. The van der Waals surface area contributed by atoms with Crippen LogP contribution < -0.4 is 4.90 Å². The Labute approximate surface area is 132 Å². The first kappa shape index (κ1) is 13.8. The average molecular weight is 311 g/mol. The normalized spacial score (nSPS) is 14.4. The summed E-state index contributed by atoms with van der Waals surface area (Å²) in [5, 5.41) is 12.3. The highest BCUT2D eigenvalue weighted by molar-refractivity contribution is 5.58. The van der Waals surface area contributed by atoms with Crippen molar-refractivity contribution in [2.75, 3.05) is 18.0 Å². The molecule has 0 spiro atoms. The Kier molecular flexibility index (Phi) is 3.45. The molecular formula is C16H14FN5O. The van der Waals surface area contributed by atoms with Crippen molar-refractivity contribution in [1.29, 1.82) is 0 Å². The summed E-state index contributed by atoms with van der Waals surface area (Å²) in [5.41, 5.74) is 1.21. The molecule has 23 heavy (non-hydrogen) atoms. The molecule has 4 rings (SSSR count). The molecule has 1 saturated heterocycles. The molecule has 1 fully saturated rings. The van der Waals surface area contributed by atoms with Crippen molar-refractivity contribution in [3.63, 3.8) is 0 Å². The Bertz CT molecular complexity index is 794. The Morgan fingerprint density at radius 2 is 1.74 bits per heavy atom. The molecule has 116 valence electrons. The molecule has 3 heterocycles. The number of halogens is 1. The van der Waals surface area contributed by atoms with Crippen molar-refractivity contribution >= 4 is 5.82 Å². The Morgan fingerprint density at radius 3 is 2.43 bits per heavy atom. The molecule has 0 atom stereocenters. The van der Waals surface area contributed by atoms with Gasteiger partial charge in [0.2, 0.25) is 5.82 Å². The van der Waals surface area contributed by atoms with Crippen LogP contribution in [0.25, 0.3) is 23.0 Å². The zero-order valence-electron chi connectivity index (χ0n) is 12.3.